The molecule has 398 valence electrons. The Morgan fingerprint density at radius 3 is 1.01 bits per heavy atom. The molecule has 5 aliphatic rings. The van der Waals surface area contributed by atoms with E-state index in [0.717, 1.165) is 18.7 Å². The van der Waals surface area contributed by atoms with Crippen LogP contribution in [-0.2, 0) is 39.0 Å². The summed E-state index contributed by atoms with van der Waals surface area (Å²) in [5.41, 5.74) is 32.8. The van der Waals surface area contributed by atoms with Crippen molar-refractivity contribution in [3.05, 3.63) is 279 Å². The minimum atomic E-state index is -0.186. The molecule has 0 aliphatic heterocycles. The molecule has 1 atom stereocenters. The maximum atomic E-state index is 2.59. The molecule has 0 heterocycles. The minimum absolute atomic E-state index is 0.0496. The first-order valence-electron chi connectivity index (χ1n) is 29.6. The van der Waals surface area contributed by atoms with E-state index in [4.69, 9.17) is 0 Å². The molecule has 0 saturated heterocycles. The summed E-state index contributed by atoms with van der Waals surface area (Å²) in [7, 11) is 0. The molecule has 5 aliphatic carbocycles. The van der Waals surface area contributed by atoms with E-state index in [1.807, 2.05) is 0 Å². The van der Waals surface area contributed by atoms with E-state index < -0.39 is 0 Å². The summed E-state index contributed by atoms with van der Waals surface area (Å²) in [5, 5.41) is 0. The molecule has 0 fully saturated rings. The Morgan fingerprint density at radius 1 is 0.284 bits per heavy atom. The molecular weight excluding hydrogens is 977 g/mol. The molecule has 0 aromatic heterocycles. The highest BCUT2D eigenvalue weighted by atomic mass is 15.1. The fourth-order valence-corrected chi connectivity index (χ4v) is 16.4. The van der Waals surface area contributed by atoms with Crippen LogP contribution in [-0.4, -0.2) is 0 Å². The Bertz CT molecular complexity index is 4080. The van der Waals surface area contributed by atoms with E-state index in [-0.39, 0.29) is 32.5 Å². The summed E-state index contributed by atoms with van der Waals surface area (Å²) >= 11 is 0. The lowest BCUT2D eigenvalue weighted by Crippen LogP contribution is -2.23. The predicted molar refractivity (Wildman–Crippen MR) is 341 cm³/mol. The number of benzene rings is 10. The van der Waals surface area contributed by atoms with Gasteiger partial charge < -0.3 is 9.80 Å². The van der Waals surface area contributed by atoms with E-state index in [0.29, 0.717) is 0 Å². The number of nitrogens with zero attached hydrogens (tertiary/aromatic N) is 2. The lowest BCUT2D eigenvalue weighted by molar-refractivity contribution is 0.425. The highest BCUT2D eigenvalue weighted by Gasteiger charge is 2.47. The molecule has 81 heavy (non-hydrogen) atoms. The first-order valence-corrected chi connectivity index (χ1v) is 29.6. The largest absolute Gasteiger partial charge is 0.337 e. The summed E-state index contributed by atoms with van der Waals surface area (Å²) in [6.07, 6.45) is 1.02. The third-order valence-corrected chi connectivity index (χ3v) is 20.7. The molecule has 0 amide bonds. The Morgan fingerprint density at radius 2 is 0.617 bits per heavy atom. The summed E-state index contributed by atoms with van der Waals surface area (Å²) in [6, 6.07) is 82.0. The molecule has 0 N–H and O–H groups in total. The van der Waals surface area contributed by atoms with Gasteiger partial charge in [0.15, 0.2) is 0 Å². The molecule has 10 aromatic rings. The van der Waals surface area contributed by atoms with Crippen LogP contribution >= 0.6 is 0 Å². The van der Waals surface area contributed by atoms with Crippen LogP contribution in [0.1, 0.15) is 149 Å². The molecule has 0 bridgehead atoms. The van der Waals surface area contributed by atoms with Crippen LogP contribution < -0.4 is 9.80 Å². The zero-order chi connectivity index (χ0) is 55.8. The van der Waals surface area contributed by atoms with Gasteiger partial charge in [-0.05, 0) is 184 Å². The molecule has 0 spiro atoms. The van der Waals surface area contributed by atoms with Gasteiger partial charge in [0, 0.05) is 62.1 Å². The minimum Gasteiger partial charge on any atom is -0.337 e. The number of fused-ring (bicyclic) bond motifs is 13. The van der Waals surface area contributed by atoms with Gasteiger partial charge in [0.05, 0.1) is 0 Å². The molecule has 15 rings (SSSR count). The van der Waals surface area contributed by atoms with Crippen LogP contribution in [0, 0.1) is 0 Å². The lowest BCUT2D eigenvalue weighted by Gasteiger charge is -2.31. The second kappa shape index (κ2) is 16.9. The Labute approximate surface area is 480 Å². The second-order valence-electron chi connectivity index (χ2n) is 27.3. The van der Waals surface area contributed by atoms with E-state index >= 15 is 0 Å². The lowest BCUT2D eigenvalue weighted by atomic mass is 9.75. The molecule has 2 heteroatoms. The third kappa shape index (κ3) is 7.05. The van der Waals surface area contributed by atoms with Crippen LogP contribution in [0.3, 0.4) is 0 Å². The summed E-state index contributed by atoms with van der Waals surface area (Å²) in [4.78, 5) is 5.10. The monoisotopic (exact) mass is 1050 g/mol. The van der Waals surface area contributed by atoms with E-state index in [9.17, 15) is 0 Å². The number of hydrogen-bond acceptors (Lipinski definition) is 2. The van der Waals surface area contributed by atoms with Gasteiger partial charge in [0.1, 0.15) is 0 Å². The van der Waals surface area contributed by atoms with Gasteiger partial charge in [0.2, 0.25) is 0 Å². The molecule has 2 nitrogen and oxygen atoms in total. The van der Waals surface area contributed by atoms with Gasteiger partial charge in [-0.3, -0.25) is 0 Å². The molecule has 0 radical (unpaired) electrons. The average Bonchev–Trinajstić information content (AvgIpc) is 3.60. The van der Waals surface area contributed by atoms with Gasteiger partial charge in [-0.2, -0.15) is 0 Å². The van der Waals surface area contributed by atoms with E-state index in [1.54, 1.807) is 0 Å². The second-order valence-corrected chi connectivity index (χ2v) is 27.3. The summed E-state index contributed by atoms with van der Waals surface area (Å²) in [5.74, 6) is 0. The standard InChI is InChI=1S/C79H72N2/c1-74(2)48-79(11,50-29-31-51(32-30-50)81(54-35-39-62-58-22-14-18-26-66(58)77(7,8)71(62)45-54)55-36-40-63-59-23-15-19-27-67(59)78(9,10)72(63)46-55)68-41-28-49(42-73(68)74)47-80(52-33-37-60-56-20-12-16-24-64(56)75(3,4)69(60)43-52)53-34-38-61-57-21-13-17-25-65(57)76(5,6)70(61)44-53/h12-46H,47-48H2,1-11H3. The van der Waals surface area contributed by atoms with Crippen molar-refractivity contribution in [2.24, 2.45) is 0 Å². The zero-order valence-electron chi connectivity index (χ0n) is 49.0. The third-order valence-electron chi connectivity index (χ3n) is 20.7. The smallest absolute Gasteiger partial charge is 0.0481 e. The Kier molecular flexibility index (Phi) is 10.4. The van der Waals surface area contributed by atoms with Crippen molar-refractivity contribution >= 4 is 28.4 Å². The zero-order valence-corrected chi connectivity index (χ0v) is 49.0. The number of rotatable bonds is 8. The Hall–Kier alpha value is -8.20. The number of anilines is 5. The molecule has 0 saturated carbocycles. The van der Waals surface area contributed by atoms with Crippen LogP contribution in [0.25, 0.3) is 44.5 Å². The van der Waals surface area contributed by atoms with Gasteiger partial charge in [-0.1, -0.05) is 228 Å². The number of hydrogen-bond donors (Lipinski definition) is 0. The summed E-state index contributed by atoms with van der Waals surface area (Å²) < 4.78 is 0. The van der Waals surface area contributed by atoms with Crippen molar-refractivity contribution < 1.29 is 0 Å². The van der Waals surface area contributed by atoms with Crippen molar-refractivity contribution in [2.75, 3.05) is 9.80 Å². The van der Waals surface area contributed by atoms with Crippen LogP contribution in [0.15, 0.2) is 212 Å². The average molecular weight is 1050 g/mol. The predicted octanol–water partition coefficient (Wildman–Crippen LogP) is 20.7. The van der Waals surface area contributed by atoms with Gasteiger partial charge in [0.25, 0.3) is 0 Å². The van der Waals surface area contributed by atoms with Crippen molar-refractivity contribution in [2.45, 2.75) is 122 Å². The fourth-order valence-electron chi connectivity index (χ4n) is 16.4. The molecule has 10 aromatic carbocycles. The summed E-state index contributed by atoms with van der Waals surface area (Å²) in [6.45, 7) is 27.3. The van der Waals surface area contributed by atoms with Crippen molar-refractivity contribution in [1.82, 2.24) is 0 Å². The molecular formula is C79H72N2. The SMILES string of the molecule is CC1(C)CC(C)(c2ccc(N(c3ccc4c(c3)C(C)(C)c3ccccc3-4)c3ccc4c(c3)C(C)(C)c3ccccc3-4)cc2)c2ccc(CN(c3ccc4c(c3)C(C)(C)c3ccccc3-4)c3ccc4c(c3)C(C)(C)c3ccccc3-4)cc21. The topological polar surface area (TPSA) is 6.48 Å². The van der Waals surface area contributed by atoms with Crippen LogP contribution in [0.4, 0.5) is 28.4 Å². The van der Waals surface area contributed by atoms with Gasteiger partial charge in [-0.25, -0.2) is 0 Å². The maximum absolute atomic E-state index is 2.59. The van der Waals surface area contributed by atoms with Crippen molar-refractivity contribution in [3.63, 3.8) is 0 Å². The molecule has 1 unspecified atom stereocenters. The highest BCUT2D eigenvalue weighted by Crippen LogP contribution is 2.57. The first kappa shape index (κ1) is 49.8. The highest BCUT2D eigenvalue weighted by molar-refractivity contribution is 5.90. The first-order chi connectivity index (χ1) is 38.8. The van der Waals surface area contributed by atoms with Crippen molar-refractivity contribution in [3.8, 4) is 44.5 Å². The Balaban J connectivity index is 0.804. The normalized spacial score (nSPS) is 18.6. The van der Waals surface area contributed by atoms with Crippen LogP contribution in [0.5, 0.6) is 0 Å². The van der Waals surface area contributed by atoms with E-state index in [2.05, 4.69) is 298 Å². The van der Waals surface area contributed by atoms with Crippen molar-refractivity contribution in [1.29, 1.82) is 0 Å². The van der Waals surface area contributed by atoms with Gasteiger partial charge >= 0.3 is 0 Å². The fraction of sp³-hybridized carbons (Fsp3) is 0.241. The quantitative estimate of drug-likeness (QED) is 0.150. The van der Waals surface area contributed by atoms with Crippen LogP contribution in [0.2, 0.25) is 0 Å². The maximum Gasteiger partial charge on any atom is 0.0481 e. The van der Waals surface area contributed by atoms with E-state index in [1.165, 1.54) is 134 Å². The van der Waals surface area contributed by atoms with Gasteiger partial charge in [-0.15, -0.1) is 0 Å².